The number of nitrogens with zero attached hydrogens (tertiary/aromatic N) is 1. The summed E-state index contributed by atoms with van der Waals surface area (Å²) in [6.07, 6.45) is 2.73. The van der Waals surface area contributed by atoms with Crippen molar-refractivity contribution in [2.45, 2.75) is 6.42 Å². The summed E-state index contributed by atoms with van der Waals surface area (Å²) in [5.74, 6) is -2.15. The van der Waals surface area contributed by atoms with E-state index in [2.05, 4.69) is 10.3 Å². The zero-order chi connectivity index (χ0) is 25.0. The summed E-state index contributed by atoms with van der Waals surface area (Å²) in [6.45, 7) is 0.0537. The Bertz CT molecular complexity index is 1380. The third kappa shape index (κ3) is 5.52. The number of anilines is 1. The number of amides is 2. The molecule has 180 valence electrons. The van der Waals surface area contributed by atoms with Gasteiger partial charge in [-0.1, -0.05) is 0 Å². The zero-order valence-corrected chi connectivity index (χ0v) is 19.2. The van der Waals surface area contributed by atoms with E-state index >= 15 is 0 Å². The Morgan fingerprint density at radius 1 is 1.12 bits per heavy atom. The molecule has 3 aromatic rings. The van der Waals surface area contributed by atoms with Crippen LogP contribution >= 0.6 is 0 Å². The van der Waals surface area contributed by atoms with Gasteiger partial charge in [-0.25, -0.2) is 12.8 Å². The molecule has 5 N–H and O–H groups in total. The number of rotatable bonds is 9. The fourth-order valence-electron chi connectivity index (χ4n) is 3.19. The number of primary amides is 1. The van der Waals surface area contributed by atoms with Crippen LogP contribution in [0, 0.1) is 5.82 Å². The lowest BCUT2D eigenvalue weighted by Crippen LogP contribution is -2.27. The Morgan fingerprint density at radius 3 is 2.50 bits per heavy atom. The first kappa shape index (κ1) is 24.7. The monoisotopic (exact) mass is 490 g/mol. The number of methoxy groups -OCH3 is 1. The summed E-state index contributed by atoms with van der Waals surface area (Å²) in [6, 6.07) is 7.00. The molecule has 1 heterocycles. The molecule has 0 bridgehead atoms. The van der Waals surface area contributed by atoms with Crippen molar-refractivity contribution >= 4 is 38.2 Å². The Labute approximate surface area is 195 Å². The maximum atomic E-state index is 14.8. The van der Waals surface area contributed by atoms with Gasteiger partial charge in [-0.2, -0.15) is 0 Å². The van der Waals surface area contributed by atoms with E-state index in [0.717, 1.165) is 6.26 Å². The van der Waals surface area contributed by atoms with E-state index in [1.54, 1.807) is 0 Å². The number of nitrogens with two attached hydrogens (primary N) is 2. The Kier molecular flexibility index (Phi) is 7.20. The standard InChI is InChI=1S/C22H23FN4O6S/c1-32-18-11-15-13(10-14(18)21(25)28)16(6-8-26-15)33-17-5-4-12(19(23)20(17)24)22(29)27-7-3-9-34(2,30)31/h4-6,8,10-11H,3,7,9,24H2,1-2H3,(H2,25,28)(H,27,29). The van der Waals surface area contributed by atoms with E-state index in [-0.39, 0.29) is 47.1 Å². The van der Waals surface area contributed by atoms with Crippen molar-refractivity contribution in [2.24, 2.45) is 5.73 Å². The van der Waals surface area contributed by atoms with E-state index < -0.39 is 33.2 Å². The molecule has 0 atom stereocenters. The van der Waals surface area contributed by atoms with Gasteiger partial charge < -0.3 is 26.3 Å². The number of nitrogen functional groups attached to an aromatic ring is 1. The summed E-state index contributed by atoms with van der Waals surface area (Å²) in [5, 5.41) is 2.86. The third-order valence-electron chi connectivity index (χ3n) is 4.87. The summed E-state index contributed by atoms with van der Waals surface area (Å²) >= 11 is 0. The first-order chi connectivity index (χ1) is 16.0. The van der Waals surface area contributed by atoms with Crippen molar-refractivity contribution < 1.29 is 31.9 Å². The van der Waals surface area contributed by atoms with Crippen molar-refractivity contribution in [1.82, 2.24) is 10.3 Å². The number of carbonyl (C=O) groups excluding carboxylic acids is 2. The van der Waals surface area contributed by atoms with E-state index in [9.17, 15) is 22.4 Å². The average Bonchev–Trinajstić information content (AvgIpc) is 2.78. The Balaban J connectivity index is 1.86. The topological polar surface area (TPSA) is 164 Å². The maximum absolute atomic E-state index is 14.8. The lowest BCUT2D eigenvalue weighted by atomic mass is 10.1. The second-order valence-corrected chi connectivity index (χ2v) is 9.68. The summed E-state index contributed by atoms with van der Waals surface area (Å²) < 4.78 is 48.1. The van der Waals surface area contributed by atoms with Gasteiger partial charge >= 0.3 is 0 Å². The van der Waals surface area contributed by atoms with Crippen LogP contribution in [0.3, 0.4) is 0 Å². The van der Waals surface area contributed by atoms with Crippen LogP contribution < -0.4 is 26.3 Å². The number of sulfone groups is 1. The minimum absolute atomic E-state index is 0.0537. The smallest absolute Gasteiger partial charge is 0.254 e. The molecule has 1 aromatic heterocycles. The molecular weight excluding hydrogens is 467 g/mol. The summed E-state index contributed by atoms with van der Waals surface area (Å²) in [4.78, 5) is 28.3. The molecule has 0 aliphatic heterocycles. The molecule has 10 nitrogen and oxygen atoms in total. The van der Waals surface area contributed by atoms with Gasteiger partial charge in [0.2, 0.25) is 0 Å². The van der Waals surface area contributed by atoms with Gasteiger partial charge in [0.25, 0.3) is 11.8 Å². The second-order valence-electron chi connectivity index (χ2n) is 7.42. The highest BCUT2D eigenvalue weighted by Crippen LogP contribution is 2.36. The van der Waals surface area contributed by atoms with Crippen molar-refractivity contribution in [3.05, 3.63) is 53.5 Å². The summed E-state index contributed by atoms with van der Waals surface area (Å²) in [5.41, 5.74) is 11.1. The van der Waals surface area contributed by atoms with Crippen LogP contribution in [0.15, 0.2) is 36.5 Å². The van der Waals surface area contributed by atoms with Crippen LogP contribution in [0.2, 0.25) is 0 Å². The third-order valence-corrected chi connectivity index (χ3v) is 5.90. The van der Waals surface area contributed by atoms with Gasteiger partial charge in [-0.15, -0.1) is 0 Å². The molecule has 12 heteroatoms. The predicted octanol–water partition coefficient (Wildman–Crippen LogP) is 2.02. The highest BCUT2D eigenvalue weighted by Gasteiger charge is 2.19. The average molecular weight is 491 g/mol. The van der Waals surface area contributed by atoms with Gasteiger partial charge in [0.15, 0.2) is 11.6 Å². The predicted molar refractivity (Wildman–Crippen MR) is 124 cm³/mol. The van der Waals surface area contributed by atoms with Gasteiger partial charge in [0.1, 0.15) is 27.0 Å². The number of ether oxygens (including phenoxy) is 2. The number of fused-ring (bicyclic) bond motifs is 1. The first-order valence-electron chi connectivity index (χ1n) is 10.00. The number of hydrogen-bond acceptors (Lipinski definition) is 8. The molecule has 2 amide bonds. The van der Waals surface area contributed by atoms with Crippen LogP contribution in [-0.2, 0) is 9.84 Å². The van der Waals surface area contributed by atoms with E-state index in [1.165, 1.54) is 43.6 Å². The SMILES string of the molecule is COc1cc2nccc(Oc3ccc(C(=O)NCCCS(C)(=O)=O)c(F)c3N)c2cc1C(N)=O. The lowest BCUT2D eigenvalue weighted by Gasteiger charge is -2.14. The number of pyridine rings is 1. The van der Waals surface area contributed by atoms with Crippen LogP contribution in [0.1, 0.15) is 27.1 Å². The molecular formula is C22H23FN4O6S. The van der Waals surface area contributed by atoms with E-state index in [1.807, 2.05) is 0 Å². The van der Waals surface area contributed by atoms with Gasteiger partial charge in [-0.05, 0) is 30.7 Å². The minimum Gasteiger partial charge on any atom is -0.496 e. The van der Waals surface area contributed by atoms with Crippen molar-refractivity contribution in [3.8, 4) is 17.2 Å². The highest BCUT2D eigenvalue weighted by molar-refractivity contribution is 7.90. The molecule has 0 aliphatic carbocycles. The zero-order valence-electron chi connectivity index (χ0n) is 18.4. The number of carbonyl (C=O) groups is 2. The molecule has 2 aromatic carbocycles. The molecule has 0 aliphatic rings. The summed E-state index contributed by atoms with van der Waals surface area (Å²) in [7, 11) is -1.77. The van der Waals surface area contributed by atoms with Crippen LogP contribution in [0.5, 0.6) is 17.2 Å². The van der Waals surface area contributed by atoms with E-state index in [4.69, 9.17) is 20.9 Å². The molecule has 3 rings (SSSR count). The van der Waals surface area contributed by atoms with Crippen LogP contribution in [0.4, 0.5) is 10.1 Å². The largest absolute Gasteiger partial charge is 0.496 e. The fraction of sp³-hybridized carbons (Fsp3) is 0.227. The quantitative estimate of drug-likeness (QED) is 0.303. The normalized spacial score (nSPS) is 11.3. The van der Waals surface area contributed by atoms with Crippen LogP contribution in [0.25, 0.3) is 10.9 Å². The molecule has 0 saturated heterocycles. The highest BCUT2D eigenvalue weighted by atomic mass is 32.2. The number of nitrogens with one attached hydrogen (secondary N) is 1. The van der Waals surface area contributed by atoms with E-state index in [0.29, 0.717) is 10.9 Å². The second kappa shape index (κ2) is 9.91. The molecule has 0 fully saturated rings. The minimum atomic E-state index is -3.16. The maximum Gasteiger partial charge on any atom is 0.254 e. The van der Waals surface area contributed by atoms with Gasteiger partial charge in [0, 0.05) is 30.4 Å². The fourth-order valence-corrected chi connectivity index (χ4v) is 3.86. The molecule has 0 saturated carbocycles. The lowest BCUT2D eigenvalue weighted by molar-refractivity contribution is 0.0948. The Morgan fingerprint density at radius 2 is 1.85 bits per heavy atom. The first-order valence-corrected chi connectivity index (χ1v) is 12.1. The molecule has 0 spiro atoms. The molecule has 0 unspecified atom stereocenters. The van der Waals surface area contributed by atoms with Crippen molar-refractivity contribution in [2.75, 3.05) is 31.4 Å². The number of aromatic nitrogens is 1. The van der Waals surface area contributed by atoms with Gasteiger partial charge in [-0.3, -0.25) is 14.6 Å². The number of halogens is 1. The van der Waals surface area contributed by atoms with Crippen molar-refractivity contribution in [3.63, 3.8) is 0 Å². The number of hydrogen-bond donors (Lipinski definition) is 3. The molecule has 0 radical (unpaired) electrons. The number of benzene rings is 2. The van der Waals surface area contributed by atoms with Gasteiger partial charge in [0.05, 0.1) is 29.5 Å². The van der Waals surface area contributed by atoms with Crippen molar-refractivity contribution in [1.29, 1.82) is 0 Å². The van der Waals surface area contributed by atoms with Crippen LogP contribution in [-0.4, -0.2) is 50.9 Å². The Hall–Kier alpha value is -3.93. The molecule has 34 heavy (non-hydrogen) atoms.